The van der Waals surface area contributed by atoms with Crippen molar-refractivity contribution in [3.63, 3.8) is 0 Å². The molecule has 0 aromatic carbocycles. The lowest BCUT2D eigenvalue weighted by Crippen LogP contribution is -2.48. The van der Waals surface area contributed by atoms with E-state index in [0.717, 1.165) is 18.5 Å². The minimum absolute atomic E-state index is 0.276. The van der Waals surface area contributed by atoms with Gasteiger partial charge in [0.05, 0.1) is 0 Å². The number of hydrogen-bond donors (Lipinski definition) is 1. The minimum atomic E-state index is 0.276. The third-order valence-corrected chi connectivity index (χ3v) is 3.63. The van der Waals surface area contributed by atoms with E-state index in [2.05, 4.69) is 44.8 Å². The summed E-state index contributed by atoms with van der Waals surface area (Å²) in [5, 5.41) is 3.63. The molecule has 2 nitrogen and oxygen atoms in total. The molecule has 2 heteroatoms. The molecule has 0 saturated carbocycles. The van der Waals surface area contributed by atoms with Gasteiger partial charge < -0.3 is 5.32 Å². The Morgan fingerprint density at radius 1 is 1.47 bits per heavy atom. The van der Waals surface area contributed by atoms with Crippen molar-refractivity contribution in [2.75, 3.05) is 19.6 Å². The highest BCUT2D eigenvalue weighted by atomic mass is 15.2. The van der Waals surface area contributed by atoms with Gasteiger partial charge in [-0.05, 0) is 39.7 Å². The standard InChI is InChI=1S/C13H28N2/c1-6-11(2)9-15-10-13(4,5)14-8-7-12(15)3/h11-12,14H,6-10H2,1-5H3. The van der Waals surface area contributed by atoms with Gasteiger partial charge in [-0.25, -0.2) is 0 Å². The lowest BCUT2D eigenvalue weighted by Gasteiger charge is -2.34. The monoisotopic (exact) mass is 212 g/mol. The molecule has 1 rings (SSSR count). The maximum atomic E-state index is 3.63. The molecule has 1 N–H and O–H groups in total. The van der Waals surface area contributed by atoms with Crippen molar-refractivity contribution < 1.29 is 0 Å². The van der Waals surface area contributed by atoms with E-state index in [4.69, 9.17) is 0 Å². The molecule has 15 heavy (non-hydrogen) atoms. The van der Waals surface area contributed by atoms with Crippen LogP contribution in [-0.4, -0.2) is 36.1 Å². The molecule has 1 saturated heterocycles. The SMILES string of the molecule is CCC(C)CN1CC(C)(C)NCCC1C. The maximum absolute atomic E-state index is 3.63. The molecule has 0 radical (unpaired) electrons. The molecule has 0 amide bonds. The first-order valence-electron chi connectivity index (χ1n) is 6.43. The summed E-state index contributed by atoms with van der Waals surface area (Å²) in [4.78, 5) is 2.66. The summed E-state index contributed by atoms with van der Waals surface area (Å²) < 4.78 is 0. The Hall–Kier alpha value is -0.0800. The van der Waals surface area contributed by atoms with Crippen LogP contribution in [0.15, 0.2) is 0 Å². The fourth-order valence-electron chi connectivity index (χ4n) is 2.30. The van der Waals surface area contributed by atoms with E-state index in [1.165, 1.54) is 25.9 Å². The molecule has 1 aliphatic heterocycles. The molecule has 1 fully saturated rings. The first-order valence-corrected chi connectivity index (χ1v) is 6.43. The average Bonchev–Trinajstić information content (AvgIpc) is 2.26. The van der Waals surface area contributed by atoms with Crippen molar-refractivity contribution >= 4 is 0 Å². The zero-order valence-electron chi connectivity index (χ0n) is 11.1. The van der Waals surface area contributed by atoms with Crippen molar-refractivity contribution in [3.05, 3.63) is 0 Å². The normalized spacial score (nSPS) is 29.8. The van der Waals surface area contributed by atoms with Crippen LogP contribution >= 0.6 is 0 Å². The Balaban J connectivity index is 2.57. The van der Waals surface area contributed by atoms with Crippen molar-refractivity contribution in [1.29, 1.82) is 0 Å². The Kier molecular flexibility index (Phi) is 4.60. The van der Waals surface area contributed by atoms with Gasteiger partial charge in [0.25, 0.3) is 0 Å². The van der Waals surface area contributed by atoms with Gasteiger partial charge in [0.15, 0.2) is 0 Å². The molecule has 0 spiro atoms. The van der Waals surface area contributed by atoms with Crippen LogP contribution < -0.4 is 5.32 Å². The molecule has 0 aliphatic carbocycles. The Morgan fingerprint density at radius 3 is 2.73 bits per heavy atom. The van der Waals surface area contributed by atoms with Crippen LogP contribution in [0.25, 0.3) is 0 Å². The Bertz CT molecular complexity index is 189. The lowest BCUT2D eigenvalue weighted by molar-refractivity contribution is 0.157. The van der Waals surface area contributed by atoms with Gasteiger partial charge >= 0.3 is 0 Å². The number of nitrogens with one attached hydrogen (secondary N) is 1. The zero-order chi connectivity index (χ0) is 11.5. The van der Waals surface area contributed by atoms with Crippen molar-refractivity contribution in [3.8, 4) is 0 Å². The summed E-state index contributed by atoms with van der Waals surface area (Å²) in [6.07, 6.45) is 2.57. The van der Waals surface area contributed by atoms with Gasteiger partial charge in [0, 0.05) is 24.7 Å². The molecule has 2 unspecified atom stereocenters. The van der Waals surface area contributed by atoms with Crippen LogP contribution in [0.1, 0.15) is 47.5 Å². The van der Waals surface area contributed by atoms with Crippen LogP contribution in [0.5, 0.6) is 0 Å². The smallest absolute Gasteiger partial charge is 0.0252 e. The Labute approximate surface area is 95.4 Å². The van der Waals surface area contributed by atoms with Crippen molar-refractivity contribution in [2.45, 2.75) is 59.0 Å². The quantitative estimate of drug-likeness (QED) is 0.773. The number of rotatable bonds is 3. The van der Waals surface area contributed by atoms with E-state index in [1.807, 2.05) is 0 Å². The van der Waals surface area contributed by atoms with E-state index >= 15 is 0 Å². The van der Waals surface area contributed by atoms with Crippen LogP contribution in [-0.2, 0) is 0 Å². The van der Waals surface area contributed by atoms with E-state index in [9.17, 15) is 0 Å². The van der Waals surface area contributed by atoms with Crippen LogP contribution in [0.2, 0.25) is 0 Å². The van der Waals surface area contributed by atoms with Gasteiger partial charge in [-0.1, -0.05) is 20.3 Å². The number of hydrogen-bond acceptors (Lipinski definition) is 2. The van der Waals surface area contributed by atoms with E-state index < -0.39 is 0 Å². The lowest BCUT2D eigenvalue weighted by atomic mass is 10.0. The summed E-state index contributed by atoms with van der Waals surface area (Å²) >= 11 is 0. The van der Waals surface area contributed by atoms with Crippen molar-refractivity contribution in [2.24, 2.45) is 5.92 Å². The first kappa shape index (κ1) is 13.0. The summed E-state index contributed by atoms with van der Waals surface area (Å²) in [7, 11) is 0. The molecule has 90 valence electrons. The zero-order valence-corrected chi connectivity index (χ0v) is 11.1. The highest BCUT2D eigenvalue weighted by Gasteiger charge is 2.28. The fraction of sp³-hybridized carbons (Fsp3) is 1.00. The molecule has 1 aliphatic rings. The summed E-state index contributed by atoms with van der Waals surface area (Å²) in [5.74, 6) is 0.821. The predicted octanol–water partition coefficient (Wildman–Crippen LogP) is 2.49. The minimum Gasteiger partial charge on any atom is -0.310 e. The third-order valence-electron chi connectivity index (χ3n) is 3.63. The van der Waals surface area contributed by atoms with Gasteiger partial charge in [0.2, 0.25) is 0 Å². The molecular formula is C13H28N2. The van der Waals surface area contributed by atoms with E-state index in [1.54, 1.807) is 0 Å². The molecular weight excluding hydrogens is 184 g/mol. The summed E-state index contributed by atoms with van der Waals surface area (Å²) in [6, 6.07) is 0.730. The van der Waals surface area contributed by atoms with Crippen LogP contribution in [0, 0.1) is 5.92 Å². The van der Waals surface area contributed by atoms with Crippen LogP contribution in [0.4, 0.5) is 0 Å². The van der Waals surface area contributed by atoms with Gasteiger partial charge in [-0.3, -0.25) is 4.90 Å². The molecule has 1 heterocycles. The van der Waals surface area contributed by atoms with Crippen LogP contribution in [0.3, 0.4) is 0 Å². The van der Waals surface area contributed by atoms with E-state index in [-0.39, 0.29) is 5.54 Å². The van der Waals surface area contributed by atoms with Gasteiger partial charge in [0.1, 0.15) is 0 Å². The van der Waals surface area contributed by atoms with E-state index in [0.29, 0.717) is 0 Å². The molecule has 0 bridgehead atoms. The summed E-state index contributed by atoms with van der Waals surface area (Å²) in [5.41, 5.74) is 0.276. The fourth-order valence-corrected chi connectivity index (χ4v) is 2.30. The predicted molar refractivity (Wildman–Crippen MR) is 67.2 cm³/mol. The topological polar surface area (TPSA) is 15.3 Å². The second-order valence-electron chi connectivity index (χ2n) is 5.89. The highest BCUT2D eigenvalue weighted by Crippen LogP contribution is 2.17. The molecule has 0 aromatic rings. The molecule has 0 aromatic heterocycles. The first-order chi connectivity index (χ1) is 6.94. The highest BCUT2D eigenvalue weighted by molar-refractivity contribution is 4.88. The Morgan fingerprint density at radius 2 is 2.13 bits per heavy atom. The average molecular weight is 212 g/mol. The van der Waals surface area contributed by atoms with Crippen molar-refractivity contribution in [1.82, 2.24) is 10.2 Å². The third kappa shape index (κ3) is 4.12. The number of nitrogens with zero attached hydrogens (tertiary/aromatic N) is 1. The summed E-state index contributed by atoms with van der Waals surface area (Å²) in [6.45, 7) is 15.2. The second-order valence-corrected chi connectivity index (χ2v) is 5.89. The second kappa shape index (κ2) is 5.31. The largest absolute Gasteiger partial charge is 0.310 e. The maximum Gasteiger partial charge on any atom is 0.0252 e. The van der Waals surface area contributed by atoms with Gasteiger partial charge in [-0.15, -0.1) is 0 Å². The van der Waals surface area contributed by atoms with Gasteiger partial charge in [-0.2, -0.15) is 0 Å². The molecule has 2 atom stereocenters.